The third-order valence-electron chi connectivity index (χ3n) is 4.24. The summed E-state index contributed by atoms with van der Waals surface area (Å²) in [6.45, 7) is 0.966. The highest BCUT2D eigenvalue weighted by Gasteiger charge is 2.22. The van der Waals surface area contributed by atoms with Crippen LogP contribution in [0, 0.1) is 5.82 Å². The van der Waals surface area contributed by atoms with Crippen LogP contribution in [0.15, 0.2) is 36.5 Å². The van der Waals surface area contributed by atoms with Crippen molar-refractivity contribution in [2.75, 3.05) is 6.54 Å². The summed E-state index contributed by atoms with van der Waals surface area (Å²) in [5, 5.41) is 7.81. The van der Waals surface area contributed by atoms with Gasteiger partial charge in [0.25, 0.3) is 0 Å². The quantitative estimate of drug-likeness (QED) is 0.848. The number of aryl methyl sites for hydroxylation is 2. The molecule has 1 N–H and O–H groups in total. The lowest BCUT2D eigenvalue weighted by Gasteiger charge is -2.18. The smallest absolute Gasteiger partial charge is 0.123 e. The molecule has 1 aromatic carbocycles. The van der Waals surface area contributed by atoms with Gasteiger partial charge in [-0.1, -0.05) is 12.1 Å². The van der Waals surface area contributed by atoms with Gasteiger partial charge < -0.3 is 5.32 Å². The van der Waals surface area contributed by atoms with Gasteiger partial charge in [0.2, 0.25) is 0 Å². The minimum atomic E-state index is -0.167. The summed E-state index contributed by atoms with van der Waals surface area (Å²) in [6, 6.07) is 9.71. The van der Waals surface area contributed by atoms with Crippen LogP contribution >= 0.6 is 0 Å². The molecule has 0 amide bonds. The zero-order valence-electron chi connectivity index (χ0n) is 12.4. The highest BCUT2D eigenvalue weighted by Crippen LogP contribution is 2.24. The van der Waals surface area contributed by atoms with Crippen molar-refractivity contribution in [3.05, 3.63) is 53.6 Å². The Kier molecular flexibility index (Phi) is 4.34. The molecule has 1 aliphatic carbocycles. The van der Waals surface area contributed by atoms with Crippen LogP contribution in [-0.4, -0.2) is 22.4 Å². The first-order chi connectivity index (χ1) is 10.2. The zero-order chi connectivity index (χ0) is 14.7. The molecule has 1 aliphatic rings. The molecular formula is C17H22FN3. The van der Waals surface area contributed by atoms with E-state index in [9.17, 15) is 4.39 Å². The lowest BCUT2D eigenvalue weighted by atomic mass is 9.93. The monoisotopic (exact) mass is 287 g/mol. The maximum atomic E-state index is 13.1. The molecule has 1 saturated carbocycles. The number of halogens is 1. The lowest BCUT2D eigenvalue weighted by molar-refractivity contribution is 0.536. The number of hydrogen-bond donors (Lipinski definition) is 1. The van der Waals surface area contributed by atoms with Crippen LogP contribution in [0.4, 0.5) is 4.39 Å². The first kappa shape index (κ1) is 14.3. The molecule has 1 heterocycles. The summed E-state index contributed by atoms with van der Waals surface area (Å²) in [4.78, 5) is 0. The first-order valence-electron chi connectivity index (χ1n) is 7.68. The van der Waals surface area contributed by atoms with E-state index in [4.69, 9.17) is 0 Å². The molecule has 1 fully saturated rings. The van der Waals surface area contributed by atoms with Gasteiger partial charge in [-0.2, -0.15) is 5.10 Å². The van der Waals surface area contributed by atoms with Crippen molar-refractivity contribution in [3.8, 4) is 0 Å². The Morgan fingerprint density at radius 2 is 2.05 bits per heavy atom. The highest BCUT2D eigenvalue weighted by atomic mass is 19.1. The average Bonchev–Trinajstić information content (AvgIpc) is 3.22. The molecule has 112 valence electrons. The molecule has 1 unspecified atom stereocenters. The number of nitrogens with one attached hydrogen (secondary N) is 1. The number of nitrogens with zero attached hydrogens (tertiary/aromatic N) is 2. The van der Waals surface area contributed by atoms with E-state index in [2.05, 4.69) is 16.5 Å². The summed E-state index contributed by atoms with van der Waals surface area (Å²) in [7, 11) is 1.98. The molecule has 0 spiro atoms. The van der Waals surface area contributed by atoms with Gasteiger partial charge >= 0.3 is 0 Å². The average molecular weight is 287 g/mol. The Balaban J connectivity index is 1.65. The van der Waals surface area contributed by atoms with Crippen LogP contribution in [0.25, 0.3) is 0 Å². The van der Waals surface area contributed by atoms with Crippen LogP contribution < -0.4 is 5.32 Å². The number of benzene rings is 1. The van der Waals surface area contributed by atoms with E-state index in [1.165, 1.54) is 24.1 Å². The zero-order valence-corrected chi connectivity index (χ0v) is 12.4. The maximum Gasteiger partial charge on any atom is 0.123 e. The van der Waals surface area contributed by atoms with Crippen LogP contribution in [-0.2, 0) is 13.5 Å². The fourth-order valence-electron chi connectivity index (χ4n) is 2.69. The van der Waals surface area contributed by atoms with Crippen molar-refractivity contribution in [1.82, 2.24) is 15.1 Å². The molecule has 0 bridgehead atoms. The molecular weight excluding hydrogens is 265 g/mol. The van der Waals surface area contributed by atoms with Gasteiger partial charge in [-0.3, -0.25) is 4.68 Å². The number of rotatable bonds is 7. The van der Waals surface area contributed by atoms with E-state index in [0.29, 0.717) is 12.0 Å². The molecule has 0 aliphatic heterocycles. The standard InChI is InChI=1S/C17H22FN3/c1-21-17(10-11-20-21)9-4-14(12-19-16-7-8-16)13-2-5-15(18)6-3-13/h2-3,5-6,10-11,14,16,19H,4,7-9,12H2,1H3. The second-order valence-electron chi connectivity index (χ2n) is 5.92. The van der Waals surface area contributed by atoms with Gasteiger partial charge in [0, 0.05) is 31.5 Å². The fraction of sp³-hybridized carbons (Fsp3) is 0.471. The Morgan fingerprint density at radius 3 is 2.67 bits per heavy atom. The summed E-state index contributed by atoms with van der Waals surface area (Å²) >= 11 is 0. The third kappa shape index (κ3) is 3.91. The van der Waals surface area contributed by atoms with Crippen LogP contribution in [0.2, 0.25) is 0 Å². The van der Waals surface area contributed by atoms with Crippen molar-refractivity contribution >= 4 is 0 Å². The molecule has 0 saturated heterocycles. The van der Waals surface area contributed by atoms with Crippen LogP contribution in [0.1, 0.15) is 36.4 Å². The second-order valence-corrected chi connectivity index (χ2v) is 5.92. The normalized spacial score (nSPS) is 16.1. The lowest BCUT2D eigenvalue weighted by Crippen LogP contribution is -2.24. The van der Waals surface area contributed by atoms with Gasteiger partial charge in [0.15, 0.2) is 0 Å². The molecule has 3 rings (SSSR count). The molecule has 21 heavy (non-hydrogen) atoms. The summed E-state index contributed by atoms with van der Waals surface area (Å²) < 4.78 is 15.0. The summed E-state index contributed by atoms with van der Waals surface area (Å²) in [5.41, 5.74) is 2.46. The van der Waals surface area contributed by atoms with E-state index in [0.717, 1.165) is 19.4 Å². The summed E-state index contributed by atoms with van der Waals surface area (Å²) in [6.07, 6.45) is 6.45. The number of aromatic nitrogens is 2. The topological polar surface area (TPSA) is 29.9 Å². The first-order valence-corrected chi connectivity index (χ1v) is 7.68. The number of hydrogen-bond acceptors (Lipinski definition) is 2. The van der Waals surface area contributed by atoms with Crippen molar-refractivity contribution in [2.24, 2.45) is 7.05 Å². The fourth-order valence-corrected chi connectivity index (χ4v) is 2.69. The van der Waals surface area contributed by atoms with Crippen LogP contribution in [0.3, 0.4) is 0 Å². The Hall–Kier alpha value is -1.68. The van der Waals surface area contributed by atoms with E-state index in [1.807, 2.05) is 30.1 Å². The minimum absolute atomic E-state index is 0.167. The van der Waals surface area contributed by atoms with E-state index < -0.39 is 0 Å². The highest BCUT2D eigenvalue weighted by molar-refractivity contribution is 5.21. The van der Waals surface area contributed by atoms with Crippen LogP contribution in [0.5, 0.6) is 0 Å². The Bertz CT molecular complexity index is 572. The third-order valence-corrected chi connectivity index (χ3v) is 4.24. The summed E-state index contributed by atoms with van der Waals surface area (Å²) in [5.74, 6) is 0.250. The minimum Gasteiger partial charge on any atom is -0.313 e. The van der Waals surface area contributed by atoms with Crippen molar-refractivity contribution in [2.45, 2.75) is 37.6 Å². The largest absolute Gasteiger partial charge is 0.313 e. The molecule has 3 nitrogen and oxygen atoms in total. The Morgan fingerprint density at radius 1 is 1.29 bits per heavy atom. The van der Waals surface area contributed by atoms with Crippen molar-refractivity contribution in [3.63, 3.8) is 0 Å². The molecule has 1 aromatic heterocycles. The van der Waals surface area contributed by atoms with Gasteiger partial charge in [-0.25, -0.2) is 4.39 Å². The van der Waals surface area contributed by atoms with E-state index in [-0.39, 0.29) is 5.82 Å². The van der Waals surface area contributed by atoms with Crippen molar-refractivity contribution in [1.29, 1.82) is 0 Å². The van der Waals surface area contributed by atoms with Gasteiger partial charge in [-0.05, 0) is 55.4 Å². The van der Waals surface area contributed by atoms with E-state index in [1.54, 1.807) is 12.1 Å². The molecule has 0 radical (unpaired) electrons. The van der Waals surface area contributed by atoms with Gasteiger partial charge in [0.05, 0.1) is 0 Å². The predicted molar refractivity (Wildman–Crippen MR) is 81.7 cm³/mol. The van der Waals surface area contributed by atoms with Gasteiger partial charge in [-0.15, -0.1) is 0 Å². The van der Waals surface area contributed by atoms with Crippen molar-refractivity contribution < 1.29 is 4.39 Å². The molecule has 2 aromatic rings. The maximum absolute atomic E-state index is 13.1. The SMILES string of the molecule is Cn1nccc1CCC(CNC1CC1)c1ccc(F)cc1. The predicted octanol–water partition coefficient (Wildman–Crippen LogP) is 3.03. The van der Waals surface area contributed by atoms with E-state index >= 15 is 0 Å². The van der Waals surface area contributed by atoms with Gasteiger partial charge in [0.1, 0.15) is 5.82 Å². The molecule has 1 atom stereocenters. The second kappa shape index (κ2) is 6.39. The Labute approximate surface area is 125 Å². The molecule has 4 heteroatoms.